The summed E-state index contributed by atoms with van der Waals surface area (Å²) in [7, 11) is 0. The first kappa shape index (κ1) is 22.8. The SMILES string of the molecule is CC(NC(=O)CSc1nnc2n(Cc3ccccc3)c(=O)c3ccccc3n12)c1ccc(F)cc1. The lowest BCUT2D eigenvalue weighted by molar-refractivity contribution is -0.119. The Bertz CT molecular complexity index is 1560. The molecule has 0 aliphatic heterocycles. The van der Waals surface area contributed by atoms with E-state index >= 15 is 0 Å². The molecular weight excluding hydrogens is 465 g/mol. The standard InChI is InChI=1S/C26H22FN5O2S/c1-17(19-11-13-20(27)14-12-19)28-23(33)16-35-26-30-29-25-31(15-18-7-3-2-4-8-18)24(34)21-9-5-6-10-22(21)32(25)26/h2-14,17H,15-16H2,1H3,(H,28,33). The largest absolute Gasteiger partial charge is 0.349 e. The molecular formula is C26H22FN5O2S. The van der Waals surface area contributed by atoms with Crippen molar-refractivity contribution in [3.8, 4) is 0 Å². The highest BCUT2D eigenvalue weighted by atomic mass is 32.2. The Morgan fingerprint density at radius 1 is 1.00 bits per heavy atom. The monoisotopic (exact) mass is 487 g/mol. The van der Waals surface area contributed by atoms with Gasteiger partial charge in [-0.1, -0.05) is 66.4 Å². The van der Waals surface area contributed by atoms with Crippen LogP contribution < -0.4 is 10.9 Å². The second-order valence-electron chi connectivity index (χ2n) is 8.14. The highest BCUT2D eigenvalue weighted by molar-refractivity contribution is 7.99. The molecule has 0 radical (unpaired) electrons. The molecule has 1 N–H and O–H groups in total. The van der Waals surface area contributed by atoms with Crippen LogP contribution in [-0.2, 0) is 11.3 Å². The fourth-order valence-electron chi connectivity index (χ4n) is 3.98. The van der Waals surface area contributed by atoms with Gasteiger partial charge < -0.3 is 5.32 Å². The van der Waals surface area contributed by atoms with E-state index in [-0.39, 0.29) is 29.1 Å². The van der Waals surface area contributed by atoms with Crippen LogP contribution in [0.2, 0.25) is 0 Å². The third kappa shape index (κ3) is 4.67. The maximum absolute atomic E-state index is 13.3. The number of benzene rings is 3. The van der Waals surface area contributed by atoms with Gasteiger partial charge >= 0.3 is 0 Å². The van der Waals surface area contributed by atoms with Crippen molar-refractivity contribution in [1.82, 2.24) is 24.5 Å². The summed E-state index contributed by atoms with van der Waals surface area (Å²) >= 11 is 1.24. The molecule has 2 aromatic heterocycles. The van der Waals surface area contributed by atoms with Crippen molar-refractivity contribution in [2.45, 2.75) is 24.7 Å². The van der Waals surface area contributed by atoms with Crippen LogP contribution in [0, 0.1) is 5.82 Å². The fourth-order valence-corrected chi connectivity index (χ4v) is 4.73. The lowest BCUT2D eigenvalue weighted by atomic mass is 10.1. The Hall–Kier alpha value is -3.98. The van der Waals surface area contributed by atoms with Crippen molar-refractivity contribution in [2.24, 2.45) is 0 Å². The smallest absolute Gasteiger partial charge is 0.263 e. The molecule has 1 amide bonds. The molecule has 0 bridgehead atoms. The number of rotatable bonds is 7. The molecule has 5 rings (SSSR count). The van der Waals surface area contributed by atoms with Gasteiger partial charge in [0, 0.05) is 0 Å². The van der Waals surface area contributed by atoms with Crippen molar-refractivity contribution in [3.05, 3.63) is 106 Å². The molecule has 3 aromatic carbocycles. The average Bonchev–Trinajstić information content (AvgIpc) is 3.30. The maximum atomic E-state index is 13.3. The van der Waals surface area contributed by atoms with E-state index in [0.717, 1.165) is 11.1 Å². The van der Waals surface area contributed by atoms with E-state index in [9.17, 15) is 14.0 Å². The number of hydrogen-bond acceptors (Lipinski definition) is 5. The van der Waals surface area contributed by atoms with Crippen molar-refractivity contribution in [1.29, 1.82) is 0 Å². The van der Waals surface area contributed by atoms with Crippen LogP contribution in [0.3, 0.4) is 0 Å². The Morgan fingerprint density at radius 3 is 2.49 bits per heavy atom. The highest BCUT2D eigenvalue weighted by Gasteiger charge is 2.18. The molecule has 2 heterocycles. The number of para-hydroxylation sites is 1. The summed E-state index contributed by atoms with van der Waals surface area (Å²) in [6.45, 7) is 2.20. The molecule has 0 spiro atoms. The number of aromatic nitrogens is 4. The zero-order chi connectivity index (χ0) is 24.4. The third-order valence-electron chi connectivity index (χ3n) is 5.74. The molecule has 35 heavy (non-hydrogen) atoms. The van der Waals surface area contributed by atoms with E-state index in [2.05, 4.69) is 15.5 Å². The maximum Gasteiger partial charge on any atom is 0.263 e. The van der Waals surface area contributed by atoms with E-state index in [1.165, 1.54) is 23.9 Å². The normalized spacial score (nSPS) is 12.2. The van der Waals surface area contributed by atoms with E-state index in [1.807, 2.05) is 59.9 Å². The van der Waals surface area contributed by atoms with Gasteiger partial charge in [0.05, 0.1) is 29.2 Å². The quantitative estimate of drug-likeness (QED) is 0.348. The molecule has 0 aliphatic carbocycles. The van der Waals surface area contributed by atoms with Gasteiger partial charge in [0.2, 0.25) is 11.7 Å². The molecule has 0 saturated heterocycles. The van der Waals surface area contributed by atoms with Crippen LogP contribution in [0.25, 0.3) is 16.7 Å². The summed E-state index contributed by atoms with van der Waals surface area (Å²) in [6, 6.07) is 22.8. The number of thioether (sulfide) groups is 1. The number of hydrogen-bond donors (Lipinski definition) is 1. The van der Waals surface area contributed by atoms with Gasteiger partial charge in [0.25, 0.3) is 5.56 Å². The highest BCUT2D eigenvalue weighted by Crippen LogP contribution is 2.22. The second-order valence-corrected chi connectivity index (χ2v) is 9.08. The number of carbonyl (C=O) groups excluding carboxylic acids is 1. The molecule has 9 heteroatoms. The van der Waals surface area contributed by atoms with Crippen LogP contribution in [0.1, 0.15) is 24.1 Å². The summed E-state index contributed by atoms with van der Waals surface area (Å²) in [6.07, 6.45) is 0. The number of fused-ring (bicyclic) bond motifs is 3. The lowest BCUT2D eigenvalue weighted by Crippen LogP contribution is -2.28. The number of halogens is 1. The summed E-state index contributed by atoms with van der Waals surface area (Å²) in [4.78, 5) is 25.9. The van der Waals surface area contributed by atoms with Gasteiger partial charge in [-0.05, 0) is 42.3 Å². The molecule has 1 atom stereocenters. The van der Waals surface area contributed by atoms with E-state index in [4.69, 9.17) is 0 Å². The van der Waals surface area contributed by atoms with Crippen molar-refractivity contribution in [3.63, 3.8) is 0 Å². The van der Waals surface area contributed by atoms with Crippen LogP contribution >= 0.6 is 11.8 Å². The topological polar surface area (TPSA) is 81.3 Å². The van der Waals surface area contributed by atoms with E-state index < -0.39 is 0 Å². The van der Waals surface area contributed by atoms with Crippen LogP contribution in [0.4, 0.5) is 4.39 Å². The molecule has 0 aliphatic rings. The molecule has 0 saturated carbocycles. The Balaban J connectivity index is 1.43. The first-order valence-electron chi connectivity index (χ1n) is 11.1. The lowest BCUT2D eigenvalue weighted by Gasteiger charge is -2.14. The first-order valence-corrected chi connectivity index (χ1v) is 12.1. The van der Waals surface area contributed by atoms with Crippen LogP contribution in [-0.4, -0.2) is 30.8 Å². The molecule has 0 fully saturated rings. The molecule has 176 valence electrons. The number of nitrogens with zero attached hydrogens (tertiary/aromatic N) is 4. The Morgan fingerprint density at radius 2 is 1.71 bits per heavy atom. The number of nitrogens with one attached hydrogen (secondary N) is 1. The number of amides is 1. The predicted octanol–water partition coefficient (Wildman–Crippen LogP) is 4.20. The zero-order valence-electron chi connectivity index (χ0n) is 18.9. The van der Waals surface area contributed by atoms with Gasteiger partial charge in [-0.3, -0.25) is 18.6 Å². The van der Waals surface area contributed by atoms with Crippen LogP contribution in [0.5, 0.6) is 0 Å². The molecule has 7 nitrogen and oxygen atoms in total. The minimum Gasteiger partial charge on any atom is -0.349 e. The van der Waals surface area contributed by atoms with Crippen molar-refractivity contribution in [2.75, 3.05) is 5.75 Å². The minimum absolute atomic E-state index is 0.110. The first-order chi connectivity index (χ1) is 17.0. The van der Waals surface area contributed by atoms with Gasteiger partial charge in [-0.2, -0.15) is 0 Å². The van der Waals surface area contributed by atoms with Gasteiger partial charge in [-0.15, -0.1) is 10.2 Å². The van der Waals surface area contributed by atoms with Gasteiger partial charge in [0.15, 0.2) is 5.16 Å². The zero-order valence-corrected chi connectivity index (χ0v) is 19.7. The third-order valence-corrected chi connectivity index (χ3v) is 6.67. The van der Waals surface area contributed by atoms with E-state index in [1.54, 1.807) is 22.8 Å². The summed E-state index contributed by atoms with van der Waals surface area (Å²) in [5.41, 5.74) is 2.32. The minimum atomic E-state index is -0.320. The molecule has 1 unspecified atom stereocenters. The predicted molar refractivity (Wildman–Crippen MR) is 134 cm³/mol. The summed E-state index contributed by atoms with van der Waals surface area (Å²) in [5.74, 6) is 0.0171. The van der Waals surface area contributed by atoms with Crippen molar-refractivity contribution >= 4 is 34.3 Å². The molecule has 5 aromatic rings. The number of carbonyl (C=O) groups is 1. The summed E-state index contributed by atoms with van der Waals surface area (Å²) < 4.78 is 16.6. The average molecular weight is 488 g/mol. The van der Waals surface area contributed by atoms with Crippen molar-refractivity contribution < 1.29 is 9.18 Å². The van der Waals surface area contributed by atoms with Gasteiger partial charge in [0.1, 0.15) is 5.82 Å². The fraction of sp³-hybridized carbons (Fsp3) is 0.154. The van der Waals surface area contributed by atoms with Gasteiger partial charge in [-0.25, -0.2) is 4.39 Å². The summed E-state index contributed by atoms with van der Waals surface area (Å²) in [5, 5.41) is 12.6. The van der Waals surface area contributed by atoms with E-state index in [0.29, 0.717) is 28.4 Å². The van der Waals surface area contributed by atoms with Crippen LogP contribution in [0.15, 0.2) is 88.8 Å². The Kier molecular flexibility index (Phi) is 6.33. The second kappa shape index (κ2) is 9.71. The Labute approximate surface area is 204 Å².